The van der Waals surface area contributed by atoms with Crippen LogP contribution in [0.1, 0.15) is 21.8 Å². The first-order valence-corrected chi connectivity index (χ1v) is 19.0. The summed E-state index contributed by atoms with van der Waals surface area (Å²) in [6, 6.07) is 18.3. The van der Waals surface area contributed by atoms with Crippen molar-refractivity contribution in [1.29, 1.82) is 0 Å². The zero-order chi connectivity index (χ0) is 15.1. The van der Waals surface area contributed by atoms with Crippen LogP contribution in [0.15, 0.2) is 70.6 Å². The molecule has 0 spiro atoms. The van der Waals surface area contributed by atoms with Crippen LogP contribution in [0.4, 0.5) is 0 Å². The van der Waals surface area contributed by atoms with Gasteiger partial charge in [0.25, 0.3) is 0 Å². The summed E-state index contributed by atoms with van der Waals surface area (Å²) in [5, 5.41) is 0. The second kappa shape index (κ2) is 8.43. The van der Waals surface area contributed by atoms with E-state index in [4.69, 9.17) is 0 Å². The zero-order valence-corrected chi connectivity index (χ0v) is 19.1. The van der Waals surface area contributed by atoms with Gasteiger partial charge in [-0.1, -0.05) is 0 Å². The van der Waals surface area contributed by atoms with Gasteiger partial charge in [0.1, 0.15) is 0 Å². The molecule has 4 rings (SSSR count). The van der Waals surface area contributed by atoms with Crippen LogP contribution in [0, 0.1) is 0 Å². The van der Waals surface area contributed by atoms with E-state index in [9.17, 15) is 0 Å². The molecule has 0 atom stereocenters. The molecule has 2 aromatic rings. The molecule has 0 aliphatic heterocycles. The molecule has 2 aromatic carbocycles. The summed E-state index contributed by atoms with van der Waals surface area (Å²) >= 11 is -1.25. The van der Waals surface area contributed by atoms with Crippen molar-refractivity contribution in [2.75, 3.05) is 0 Å². The van der Waals surface area contributed by atoms with Crippen LogP contribution in [0.2, 0.25) is 11.5 Å². The van der Waals surface area contributed by atoms with E-state index in [2.05, 4.69) is 78.3 Å². The summed E-state index contributed by atoms with van der Waals surface area (Å²) in [5.74, 6) is 5.22. The third-order valence-electron chi connectivity index (χ3n) is 4.78. The number of halogens is 2. The van der Waals surface area contributed by atoms with Gasteiger partial charge in [0, 0.05) is 0 Å². The minimum Gasteiger partial charge on any atom is -1.00 e. The molecule has 0 N–H and O–H groups in total. The van der Waals surface area contributed by atoms with Crippen LogP contribution in [0.25, 0.3) is 11.1 Å². The smallest absolute Gasteiger partial charge is 1.00 e. The normalized spacial score (nSPS) is 13.8. The van der Waals surface area contributed by atoms with E-state index in [1.807, 2.05) is 3.88 Å². The van der Waals surface area contributed by atoms with E-state index < -0.39 is 26.0 Å². The van der Waals surface area contributed by atoms with Crippen molar-refractivity contribution in [3.8, 4) is 11.1 Å². The molecule has 0 saturated heterocycles. The largest absolute Gasteiger partial charge is 1.00 e. The molecule has 0 bridgehead atoms. The molecule has 0 unspecified atom stereocenters. The van der Waals surface area contributed by atoms with Gasteiger partial charge >= 0.3 is 141 Å². The van der Waals surface area contributed by atoms with Crippen LogP contribution in [0.3, 0.4) is 0 Å². The second-order valence-electron chi connectivity index (χ2n) is 6.35. The van der Waals surface area contributed by atoms with Gasteiger partial charge in [-0.3, -0.25) is 0 Å². The molecular formula is C20H20Cl2GeTi. The fourth-order valence-electron chi connectivity index (χ4n) is 3.91. The van der Waals surface area contributed by atoms with Crippen molar-refractivity contribution in [2.45, 2.75) is 22.2 Å². The van der Waals surface area contributed by atoms with Crippen LogP contribution < -0.4 is 24.8 Å². The van der Waals surface area contributed by atoms with Gasteiger partial charge in [-0.15, -0.1) is 0 Å². The van der Waals surface area contributed by atoms with Crippen molar-refractivity contribution in [3.63, 3.8) is 0 Å². The minimum absolute atomic E-state index is 0. The van der Waals surface area contributed by atoms with Crippen LogP contribution in [0.5, 0.6) is 0 Å². The second-order valence-corrected chi connectivity index (χ2v) is 26.5. The quantitative estimate of drug-likeness (QED) is 0.539. The van der Waals surface area contributed by atoms with E-state index in [-0.39, 0.29) is 24.8 Å². The minimum atomic E-state index is -1.25. The maximum Gasteiger partial charge on any atom is -1.00 e. The number of benzene rings is 2. The molecule has 2 aliphatic carbocycles. The van der Waals surface area contributed by atoms with Gasteiger partial charge in [-0.25, -0.2) is 0 Å². The van der Waals surface area contributed by atoms with Crippen molar-refractivity contribution >= 4 is 11.0 Å². The SMILES string of the molecule is [CH3][Ge]([CH3])=[Ti+2]([C]1=CC=CC1)[CH]1c2ccccc2-c2ccccc21.[Cl-].[Cl-]. The van der Waals surface area contributed by atoms with Gasteiger partial charge in [0.15, 0.2) is 0 Å². The van der Waals surface area contributed by atoms with Crippen LogP contribution in [-0.2, 0) is 15.1 Å². The first-order valence-electron chi connectivity index (χ1n) is 7.99. The summed E-state index contributed by atoms with van der Waals surface area (Å²) in [7, 11) is -0.942. The summed E-state index contributed by atoms with van der Waals surface area (Å²) in [6.07, 6.45) is 8.33. The Balaban J connectivity index is 0.00000104. The molecular weight excluding hydrogens is 432 g/mol. The predicted molar refractivity (Wildman–Crippen MR) is 93.0 cm³/mol. The first kappa shape index (κ1) is 20.1. The molecule has 0 fully saturated rings. The molecule has 24 heavy (non-hydrogen) atoms. The standard InChI is InChI=1S/C13H9.C5H5.C2H6Ge.2ClH.Ti/c1-3-7-12-10(5-1)9-11-6-2-4-8-13(11)12;1-2-4-5-3-1;1-3-2;;;/h1-9H;1-3H,4H2;1-2H3;2*1H;/q;;;;;+2/p-2. The average molecular weight is 452 g/mol. The Hall–Kier alpha value is -0.243. The van der Waals surface area contributed by atoms with E-state index in [1.165, 1.54) is 17.5 Å². The predicted octanol–water partition coefficient (Wildman–Crippen LogP) is -0.522. The molecule has 0 heterocycles. The van der Waals surface area contributed by atoms with Gasteiger partial charge in [0.2, 0.25) is 0 Å². The number of hydrogen-bond acceptors (Lipinski definition) is 0. The van der Waals surface area contributed by atoms with Crippen molar-refractivity contribution in [2.24, 2.45) is 0 Å². The summed E-state index contributed by atoms with van der Waals surface area (Å²) in [5.41, 5.74) is 6.25. The van der Waals surface area contributed by atoms with Crippen molar-refractivity contribution in [1.82, 2.24) is 0 Å². The Labute approximate surface area is 164 Å². The van der Waals surface area contributed by atoms with Crippen LogP contribution in [-0.4, -0.2) is 11.0 Å². The maximum atomic E-state index is 2.61. The molecule has 2 aliphatic rings. The average Bonchev–Trinajstić information content (AvgIpc) is 3.16. The summed E-state index contributed by atoms with van der Waals surface area (Å²) < 4.78 is 2.57. The number of rotatable bonds is 2. The van der Waals surface area contributed by atoms with Gasteiger partial charge in [-0.2, -0.15) is 0 Å². The third kappa shape index (κ3) is 3.37. The van der Waals surface area contributed by atoms with Crippen molar-refractivity contribution in [3.05, 3.63) is 81.8 Å². The molecule has 0 aromatic heterocycles. The summed E-state index contributed by atoms with van der Waals surface area (Å²) in [4.78, 5) is 0. The Morgan fingerprint density at radius 1 is 0.875 bits per heavy atom. The van der Waals surface area contributed by atoms with E-state index in [1.54, 1.807) is 11.1 Å². The van der Waals surface area contributed by atoms with Crippen LogP contribution >= 0.6 is 0 Å². The molecule has 0 radical (unpaired) electrons. The summed E-state index contributed by atoms with van der Waals surface area (Å²) in [6.45, 7) is 0. The Morgan fingerprint density at radius 3 is 1.88 bits per heavy atom. The zero-order valence-electron chi connectivity index (χ0n) is 13.9. The fourth-order valence-corrected chi connectivity index (χ4v) is 24.0. The topological polar surface area (TPSA) is 0 Å². The van der Waals surface area contributed by atoms with E-state index in [0.29, 0.717) is 0 Å². The van der Waals surface area contributed by atoms with Gasteiger partial charge in [0.05, 0.1) is 0 Å². The number of hydrogen-bond donors (Lipinski definition) is 0. The maximum absolute atomic E-state index is 2.61. The molecule has 0 saturated carbocycles. The number of fused-ring (bicyclic) bond motifs is 3. The molecule has 122 valence electrons. The Morgan fingerprint density at radius 2 is 1.42 bits per heavy atom. The van der Waals surface area contributed by atoms with E-state index >= 15 is 0 Å². The Kier molecular flexibility index (Phi) is 7.05. The molecule has 0 amide bonds. The molecule has 0 nitrogen and oxygen atoms in total. The number of allylic oxidation sites excluding steroid dienone is 4. The third-order valence-corrected chi connectivity index (χ3v) is 24.6. The molecule has 4 heteroatoms. The first-order chi connectivity index (χ1) is 10.8. The fraction of sp³-hybridized carbons (Fsp3) is 0.200. The van der Waals surface area contributed by atoms with Crippen molar-refractivity contribution < 1.29 is 39.9 Å². The van der Waals surface area contributed by atoms with Gasteiger partial charge in [-0.05, 0) is 0 Å². The monoisotopic (exact) mass is 452 g/mol. The van der Waals surface area contributed by atoms with Gasteiger partial charge < -0.3 is 24.8 Å². The Bertz CT molecular complexity index is 803. The van der Waals surface area contributed by atoms with E-state index in [0.717, 1.165) is 4.22 Å².